The van der Waals surface area contributed by atoms with E-state index in [-0.39, 0.29) is 4.90 Å². The zero-order valence-electron chi connectivity index (χ0n) is 8.80. The summed E-state index contributed by atoms with van der Waals surface area (Å²) in [5, 5.41) is 5.65. The number of nitrogens with two attached hydrogens (primary N) is 1. The van der Waals surface area contributed by atoms with E-state index in [9.17, 15) is 8.42 Å². The van der Waals surface area contributed by atoms with Gasteiger partial charge in [0, 0.05) is 10.6 Å². The monoisotopic (exact) mass is 267 g/mol. The molecule has 2 aromatic rings. The van der Waals surface area contributed by atoms with Crippen LogP contribution in [0.1, 0.15) is 0 Å². The van der Waals surface area contributed by atoms with Crippen LogP contribution in [0.5, 0.6) is 0 Å². The summed E-state index contributed by atoms with van der Waals surface area (Å²) in [5.41, 5.74) is 1.50. The molecule has 5 heteroatoms. The predicted octanol–water partition coefficient (Wildman–Crippen LogP) is 2.65. The molecule has 0 spiro atoms. The first-order valence-corrected chi connectivity index (χ1v) is 6.79. The molecule has 0 atom stereocenters. The Morgan fingerprint density at radius 3 is 2.35 bits per heavy atom. The lowest BCUT2D eigenvalue weighted by atomic mass is 10.1. The van der Waals surface area contributed by atoms with E-state index in [1.54, 1.807) is 18.2 Å². The van der Waals surface area contributed by atoms with E-state index in [2.05, 4.69) is 0 Å². The molecule has 0 aliphatic rings. The van der Waals surface area contributed by atoms with E-state index in [0.717, 1.165) is 11.1 Å². The van der Waals surface area contributed by atoms with Crippen molar-refractivity contribution in [3.63, 3.8) is 0 Å². The average molecular weight is 268 g/mol. The highest BCUT2D eigenvalue weighted by molar-refractivity contribution is 7.89. The van der Waals surface area contributed by atoms with Crippen molar-refractivity contribution in [1.82, 2.24) is 0 Å². The van der Waals surface area contributed by atoms with Gasteiger partial charge in [-0.15, -0.1) is 0 Å². The van der Waals surface area contributed by atoms with Crippen LogP contribution in [0.2, 0.25) is 5.02 Å². The zero-order chi connectivity index (χ0) is 12.5. The van der Waals surface area contributed by atoms with Crippen molar-refractivity contribution in [2.24, 2.45) is 5.14 Å². The second-order valence-corrected chi connectivity index (χ2v) is 5.52. The van der Waals surface area contributed by atoms with Crippen molar-refractivity contribution in [2.75, 3.05) is 0 Å². The fourth-order valence-corrected chi connectivity index (χ4v) is 2.34. The summed E-state index contributed by atoms with van der Waals surface area (Å²) in [6, 6.07) is 13.6. The van der Waals surface area contributed by atoms with E-state index in [1.165, 1.54) is 12.1 Å². The maximum Gasteiger partial charge on any atom is 0.238 e. The summed E-state index contributed by atoms with van der Waals surface area (Å²) in [6.07, 6.45) is 0. The van der Waals surface area contributed by atoms with Gasteiger partial charge >= 0.3 is 0 Å². The maximum absolute atomic E-state index is 11.2. The van der Waals surface area contributed by atoms with Gasteiger partial charge in [-0.2, -0.15) is 0 Å². The molecule has 0 aliphatic heterocycles. The first kappa shape index (κ1) is 12.1. The number of rotatable bonds is 2. The Morgan fingerprint density at radius 2 is 1.71 bits per heavy atom. The van der Waals surface area contributed by atoms with Crippen LogP contribution in [-0.4, -0.2) is 8.42 Å². The number of hydrogen-bond donors (Lipinski definition) is 1. The Balaban J connectivity index is 2.59. The lowest BCUT2D eigenvalue weighted by molar-refractivity contribution is 0.598. The topological polar surface area (TPSA) is 60.2 Å². The van der Waals surface area contributed by atoms with Gasteiger partial charge in [-0.3, -0.25) is 0 Å². The fraction of sp³-hybridized carbons (Fsp3) is 0. The molecule has 0 aromatic heterocycles. The molecule has 2 aromatic carbocycles. The quantitative estimate of drug-likeness (QED) is 0.909. The number of primary sulfonamides is 1. The molecule has 88 valence electrons. The summed E-state index contributed by atoms with van der Waals surface area (Å²) >= 11 is 6.04. The molecule has 0 saturated carbocycles. The van der Waals surface area contributed by atoms with Gasteiger partial charge < -0.3 is 0 Å². The summed E-state index contributed by atoms with van der Waals surface area (Å²) in [7, 11) is -3.69. The molecule has 2 N–H and O–H groups in total. The highest BCUT2D eigenvalue weighted by Crippen LogP contribution is 2.28. The summed E-state index contributed by atoms with van der Waals surface area (Å²) < 4.78 is 22.5. The normalized spacial score (nSPS) is 11.4. The molecule has 0 heterocycles. The molecular weight excluding hydrogens is 258 g/mol. The molecule has 2 rings (SSSR count). The van der Waals surface area contributed by atoms with E-state index < -0.39 is 10.0 Å². The summed E-state index contributed by atoms with van der Waals surface area (Å²) in [5.74, 6) is 0. The van der Waals surface area contributed by atoms with Crippen LogP contribution >= 0.6 is 11.6 Å². The molecule has 0 bridgehead atoms. The number of halogens is 1. The van der Waals surface area contributed by atoms with Crippen molar-refractivity contribution in [3.8, 4) is 11.1 Å². The van der Waals surface area contributed by atoms with Crippen molar-refractivity contribution in [1.29, 1.82) is 0 Å². The van der Waals surface area contributed by atoms with Crippen LogP contribution in [0.25, 0.3) is 11.1 Å². The van der Waals surface area contributed by atoms with E-state index in [1.807, 2.05) is 18.2 Å². The summed E-state index contributed by atoms with van der Waals surface area (Å²) in [6.45, 7) is 0. The molecule has 0 saturated heterocycles. The van der Waals surface area contributed by atoms with Crippen molar-refractivity contribution in [3.05, 3.63) is 53.6 Å². The smallest absolute Gasteiger partial charge is 0.225 e. The Hall–Kier alpha value is -1.36. The first-order chi connectivity index (χ1) is 7.98. The fourth-order valence-electron chi connectivity index (χ4n) is 1.54. The number of sulfonamides is 1. The van der Waals surface area contributed by atoms with Gasteiger partial charge in [-0.1, -0.05) is 41.9 Å². The minimum Gasteiger partial charge on any atom is -0.225 e. The maximum atomic E-state index is 11.2. The highest BCUT2D eigenvalue weighted by Gasteiger charge is 2.09. The molecule has 0 aliphatic carbocycles. The van der Waals surface area contributed by atoms with Crippen molar-refractivity contribution in [2.45, 2.75) is 4.90 Å². The Labute approximate surface area is 105 Å². The van der Waals surface area contributed by atoms with E-state index >= 15 is 0 Å². The Kier molecular flexibility index (Phi) is 3.19. The van der Waals surface area contributed by atoms with Gasteiger partial charge in [-0.25, -0.2) is 13.6 Å². The molecule has 0 amide bonds. The minimum atomic E-state index is -3.69. The van der Waals surface area contributed by atoms with Gasteiger partial charge in [0.2, 0.25) is 10.0 Å². The lowest BCUT2D eigenvalue weighted by Crippen LogP contribution is -2.11. The molecule has 3 nitrogen and oxygen atoms in total. The third-order valence-corrected chi connectivity index (χ3v) is 3.59. The van der Waals surface area contributed by atoms with Crippen molar-refractivity contribution >= 4 is 21.6 Å². The molecule has 0 unspecified atom stereocenters. The Morgan fingerprint density at radius 1 is 1.00 bits per heavy atom. The van der Waals surface area contributed by atoms with Gasteiger partial charge in [0.05, 0.1) is 4.90 Å². The standard InChI is InChI=1S/C12H10ClNO2S/c13-12-7-2-1-6-11(12)9-4-3-5-10(8-9)17(14,15)16/h1-8H,(H2,14,15,16). The lowest BCUT2D eigenvalue weighted by Gasteiger charge is -2.05. The molecule has 0 radical (unpaired) electrons. The molecular formula is C12H10ClNO2S. The van der Waals surface area contributed by atoms with Gasteiger partial charge in [0.15, 0.2) is 0 Å². The minimum absolute atomic E-state index is 0.0786. The average Bonchev–Trinajstić information content (AvgIpc) is 2.29. The van der Waals surface area contributed by atoms with Crippen LogP contribution in [-0.2, 0) is 10.0 Å². The number of benzene rings is 2. The van der Waals surface area contributed by atoms with E-state index in [4.69, 9.17) is 16.7 Å². The van der Waals surface area contributed by atoms with Crippen LogP contribution in [0, 0.1) is 0 Å². The molecule has 17 heavy (non-hydrogen) atoms. The van der Waals surface area contributed by atoms with Gasteiger partial charge in [0.25, 0.3) is 0 Å². The van der Waals surface area contributed by atoms with Crippen LogP contribution < -0.4 is 5.14 Å². The van der Waals surface area contributed by atoms with Crippen LogP contribution in [0.4, 0.5) is 0 Å². The third-order valence-electron chi connectivity index (χ3n) is 2.35. The third kappa shape index (κ3) is 2.66. The first-order valence-electron chi connectivity index (χ1n) is 4.86. The predicted molar refractivity (Wildman–Crippen MR) is 68.3 cm³/mol. The SMILES string of the molecule is NS(=O)(=O)c1cccc(-c2ccccc2Cl)c1. The second kappa shape index (κ2) is 4.49. The zero-order valence-corrected chi connectivity index (χ0v) is 10.4. The van der Waals surface area contributed by atoms with Crippen LogP contribution in [0.3, 0.4) is 0 Å². The van der Waals surface area contributed by atoms with Crippen LogP contribution in [0.15, 0.2) is 53.4 Å². The van der Waals surface area contributed by atoms with Crippen molar-refractivity contribution < 1.29 is 8.42 Å². The van der Waals surface area contributed by atoms with E-state index in [0.29, 0.717) is 5.02 Å². The van der Waals surface area contributed by atoms with Gasteiger partial charge in [-0.05, 0) is 23.8 Å². The largest absolute Gasteiger partial charge is 0.238 e. The Bertz CT molecular complexity index is 653. The summed E-state index contributed by atoms with van der Waals surface area (Å²) in [4.78, 5) is 0.0786. The second-order valence-electron chi connectivity index (χ2n) is 3.55. The molecule has 0 fully saturated rings. The van der Waals surface area contributed by atoms with Gasteiger partial charge in [0.1, 0.15) is 0 Å². The number of hydrogen-bond acceptors (Lipinski definition) is 2. The highest BCUT2D eigenvalue weighted by atomic mass is 35.5.